The Kier molecular flexibility index (Phi) is 2.42. The molecule has 2 heterocycles. The van der Waals surface area contributed by atoms with Crippen molar-refractivity contribution in [3.05, 3.63) is 20.4 Å². The number of nitrogens with one attached hydrogen (secondary N) is 1. The zero-order valence-corrected chi connectivity index (χ0v) is 9.44. The topological polar surface area (TPSA) is 68.1 Å². The maximum absolute atomic E-state index is 10.7. The number of halogens is 1. The molecule has 0 radical (unpaired) electrons. The second kappa shape index (κ2) is 3.58. The number of thiophene rings is 1. The number of rotatable bonds is 2. The van der Waals surface area contributed by atoms with Crippen LogP contribution in [-0.2, 0) is 0 Å². The van der Waals surface area contributed by atoms with Crippen molar-refractivity contribution in [1.29, 1.82) is 0 Å². The summed E-state index contributed by atoms with van der Waals surface area (Å²) in [6.45, 7) is 0. The fourth-order valence-electron chi connectivity index (χ4n) is 0.991. The molecule has 0 aliphatic rings. The van der Waals surface area contributed by atoms with Gasteiger partial charge in [-0.25, -0.2) is 9.89 Å². The summed E-state index contributed by atoms with van der Waals surface area (Å²) in [7, 11) is 1.54. The lowest BCUT2D eigenvalue weighted by molar-refractivity contribution is 0.413. The second-order valence-electron chi connectivity index (χ2n) is 2.36. The fourth-order valence-corrected chi connectivity index (χ4v) is 2.58. The lowest BCUT2D eigenvalue weighted by Crippen LogP contribution is -1.93. The minimum absolute atomic E-state index is 0.238. The quantitative estimate of drug-likeness (QED) is 0.909. The Morgan fingerprint density at radius 1 is 1.71 bits per heavy atom. The highest BCUT2D eigenvalue weighted by Gasteiger charge is 2.16. The first-order chi connectivity index (χ1) is 6.72. The minimum Gasteiger partial charge on any atom is -0.494 e. The van der Waals surface area contributed by atoms with Gasteiger partial charge in [-0.2, -0.15) is 0 Å². The first kappa shape index (κ1) is 9.47. The van der Waals surface area contributed by atoms with E-state index in [4.69, 9.17) is 9.15 Å². The molecule has 74 valence electrons. The second-order valence-corrected chi connectivity index (χ2v) is 4.10. The van der Waals surface area contributed by atoms with Crippen molar-refractivity contribution in [2.24, 2.45) is 0 Å². The smallest absolute Gasteiger partial charge is 0.434 e. The molecule has 5 nitrogen and oxygen atoms in total. The molecule has 0 bridgehead atoms. The normalized spacial score (nSPS) is 10.4. The SMILES string of the molecule is COc1c(Br)csc1-c1n[nH]c(=O)o1. The van der Waals surface area contributed by atoms with Gasteiger partial charge in [0.2, 0.25) is 0 Å². The molecule has 0 fully saturated rings. The number of nitrogens with zero attached hydrogens (tertiary/aromatic N) is 1. The summed E-state index contributed by atoms with van der Waals surface area (Å²) in [5.41, 5.74) is 0. The van der Waals surface area contributed by atoms with E-state index in [1.807, 2.05) is 5.38 Å². The largest absolute Gasteiger partial charge is 0.494 e. The molecule has 0 saturated carbocycles. The monoisotopic (exact) mass is 276 g/mol. The number of H-pyrrole nitrogens is 1. The zero-order chi connectivity index (χ0) is 10.1. The van der Waals surface area contributed by atoms with Crippen molar-refractivity contribution >= 4 is 27.3 Å². The van der Waals surface area contributed by atoms with E-state index in [1.54, 1.807) is 7.11 Å². The van der Waals surface area contributed by atoms with Gasteiger partial charge in [0.05, 0.1) is 11.6 Å². The molecular weight excluding hydrogens is 272 g/mol. The molecule has 0 aliphatic carbocycles. The highest BCUT2D eigenvalue weighted by Crippen LogP contribution is 2.40. The average molecular weight is 277 g/mol. The standard InChI is InChI=1S/C7H5BrN2O3S/c1-12-4-3(8)2-14-5(4)6-9-10-7(11)13-6/h2H,1H3,(H,10,11). The summed E-state index contributed by atoms with van der Waals surface area (Å²) in [4.78, 5) is 11.4. The van der Waals surface area contributed by atoms with Gasteiger partial charge in [-0.15, -0.1) is 16.4 Å². The van der Waals surface area contributed by atoms with Crippen molar-refractivity contribution in [3.63, 3.8) is 0 Å². The van der Waals surface area contributed by atoms with Gasteiger partial charge in [-0.3, -0.25) is 0 Å². The van der Waals surface area contributed by atoms with Crippen molar-refractivity contribution in [2.75, 3.05) is 7.11 Å². The van der Waals surface area contributed by atoms with Crippen molar-refractivity contribution in [2.45, 2.75) is 0 Å². The third kappa shape index (κ3) is 1.48. The predicted molar refractivity (Wildman–Crippen MR) is 54.7 cm³/mol. The molecule has 14 heavy (non-hydrogen) atoms. The van der Waals surface area contributed by atoms with Gasteiger partial charge in [0.25, 0.3) is 5.89 Å². The third-order valence-electron chi connectivity index (χ3n) is 1.54. The summed E-state index contributed by atoms with van der Waals surface area (Å²) in [5.74, 6) is 0.277. The molecule has 0 unspecified atom stereocenters. The average Bonchev–Trinajstić information content (AvgIpc) is 2.71. The van der Waals surface area contributed by atoms with E-state index in [9.17, 15) is 4.79 Å². The fraction of sp³-hybridized carbons (Fsp3) is 0.143. The van der Waals surface area contributed by atoms with Crippen molar-refractivity contribution < 1.29 is 9.15 Å². The summed E-state index contributed by atoms with van der Waals surface area (Å²) in [6.07, 6.45) is 0. The van der Waals surface area contributed by atoms with E-state index >= 15 is 0 Å². The van der Waals surface area contributed by atoms with Crippen LogP contribution in [0.1, 0.15) is 0 Å². The van der Waals surface area contributed by atoms with Gasteiger partial charge in [-0.05, 0) is 15.9 Å². The Morgan fingerprint density at radius 2 is 2.50 bits per heavy atom. The Morgan fingerprint density at radius 3 is 3.07 bits per heavy atom. The first-order valence-electron chi connectivity index (χ1n) is 3.59. The Hall–Kier alpha value is -1.08. The van der Waals surface area contributed by atoms with Crippen molar-refractivity contribution in [1.82, 2.24) is 10.2 Å². The predicted octanol–water partition coefficient (Wildman–Crippen LogP) is 1.86. The first-order valence-corrected chi connectivity index (χ1v) is 5.26. The lowest BCUT2D eigenvalue weighted by Gasteiger charge is -1.97. The van der Waals surface area contributed by atoms with Gasteiger partial charge in [0, 0.05) is 5.38 Å². The van der Waals surface area contributed by atoms with Gasteiger partial charge >= 0.3 is 5.76 Å². The minimum atomic E-state index is -0.577. The summed E-state index contributed by atoms with van der Waals surface area (Å²) in [5, 5.41) is 7.74. The van der Waals surface area contributed by atoms with Crippen LogP contribution in [0.3, 0.4) is 0 Å². The maximum atomic E-state index is 10.7. The molecule has 0 atom stereocenters. The van der Waals surface area contributed by atoms with Crippen molar-refractivity contribution in [3.8, 4) is 16.5 Å². The maximum Gasteiger partial charge on any atom is 0.434 e. The number of hydrogen-bond acceptors (Lipinski definition) is 5. The highest BCUT2D eigenvalue weighted by molar-refractivity contribution is 9.10. The molecule has 0 aromatic carbocycles. The highest BCUT2D eigenvalue weighted by atomic mass is 79.9. The van der Waals surface area contributed by atoms with Crippen LogP contribution >= 0.6 is 27.3 Å². The molecule has 2 rings (SSSR count). The summed E-state index contributed by atoms with van der Waals surface area (Å²) >= 11 is 4.69. The van der Waals surface area contributed by atoms with Crippen LogP contribution in [0.15, 0.2) is 19.1 Å². The van der Waals surface area contributed by atoms with Crippen LogP contribution in [0.5, 0.6) is 5.75 Å². The lowest BCUT2D eigenvalue weighted by atomic mass is 10.4. The third-order valence-corrected chi connectivity index (χ3v) is 3.38. The Labute approximate surface area is 90.8 Å². The van der Waals surface area contributed by atoms with E-state index in [0.717, 1.165) is 4.47 Å². The number of aromatic nitrogens is 2. The zero-order valence-electron chi connectivity index (χ0n) is 7.04. The molecule has 2 aromatic heterocycles. The number of methoxy groups -OCH3 is 1. The molecule has 1 N–H and O–H groups in total. The van der Waals surface area contributed by atoms with E-state index in [-0.39, 0.29) is 5.89 Å². The molecule has 2 aromatic rings. The Bertz CT molecular complexity index is 501. The molecule has 0 aliphatic heterocycles. The van der Waals surface area contributed by atoms with Crippen LogP contribution in [-0.4, -0.2) is 17.3 Å². The number of hydrogen-bond donors (Lipinski definition) is 1. The van der Waals surface area contributed by atoms with E-state index in [0.29, 0.717) is 10.6 Å². The number of aromatic amines is 1. The molecule has 0 amide bonds. The van der Waals surface area contributed by atoms with Gasteiger partial charge < -0.3 is 9.15 Å². The molecule has 0 saturated heterocycles. The van der Waals surface area contributed by atoms with Gasteiger partial charge in [0.15, 0.2) is 5.75 Å². The summed E-state index contributed by atoms with van der Waals surface area (Å²) < 4.78 is 10.8. The van der Waals surface area contributed by atoms with Crippen LogP contribution in [0, 0.1) is 0 Å². The van der Waals surface area contributed by atoms with Gasteiger partial charge in [-0.1, -0.05) is 0 Å². The van der Waals surface area contributed by atoms with Crippen LogP contribution in [0.4, 0.5) is 0 Å². The van der Waals surface area contributed by atoms with Crippen LogP contribution < -0.4 is 10.5 Å². The van der Waals surface area contributed by atoms with E-state index < -0.39 is 5.76 Å². The van der Waals surface area contributed by atoms with Crippen LogP contribution in [0.25, 0.3) is 10.8 Å². The van der Waals surface area contributed by atoms with Gasteiger partial charge in [0.1, 0.15) is 4.88 Å². The van der Waals surface area contributed by atoms with E-state index in [2.05, 4.69) is 26.1 Å². The Balaban J connectivity index is 2.56. The van der Waals surface area contributed by atoms with E-state index in [1.165, 1.54) is 11.3 Å². The molecule has 7 heteroatoms. The molecular formula is C7H5BrN2O3S. The summed E-state index contributed by atoms with van der Waals surface area (Å²) in [6, 6.07) is 0. The van der Waals surface area contributed by atoms with Crippen LogP contribution in [0.2, 0.25) is 0 Å². The number of ether oxygens (including phenoxy) is 1. The molecule has 0 spiro atoms.